The molecule has 102 valence electrons. The van der Waals surface area contributed by atoms with Gasteiger partial charge in [0.1, 0.15) is 0 Å². The van der Waals surface area contributed by atoms with Gasteiger partial charge < -0.3 is 4.74 Å². The lowest BCUT2D eigenvalue weighted by Crippen LogP contribution is -2.41. The zero-order valence-electron chi connectivity index (χ0n) is 11.9. The van der Waals surface area contributed by atoms with E-state index in [-0.39, 0.29) is 17.2 Å². The molecule has 3 N–H and O–H groups in total. The summed E-state index contributed by atoms with van der Waals surface area (Å²) < 4.78 is 7.94. The minimum atomic E-state index is -0.198. The number of nitrogens with zero attached hydrogens (tertiary/aromatic N) is 2. The Kier molecular flexibility index (Phi) is 3.25. The third-order valence-corrected chi connectivity index (χ3v) is 3.81. The molecule has 5 nitrogen and oxygen atoms in total. The van der Waals surface area contributed by atoms with E-state index in [1.165, 1.54) is 0 Å². The number of nitrogens with one attached hydrogen (secondary N) is 1. The van der Waals surface area contributed by atoms with E-state index in [0.717, 1.165) is 12.0 Å². The lowest BCUT2D eigenvalue weighted by molar-refractivity contribution is -0.0779. The number of hydrogen-bond acceptors (Lipinski definition) is 4. The van der Waals surface area contributed by atoms with Crippen molar-refractivity contribution in [3.05, 3.63) is 18.0 Å². The van der Waals surface area contributed by atoms with Crippen LogP contribution in [0.4, 0.5) is 0 Å². The summed E-state index contributed by atoms with van der Waals surface area (Å²) in [6.07, 6.45) is 4.85. The van der Waals surface area contributed by atoms with Crippen LogP contribution in [0.1, 0.15) is 45.7 Å². The van der Waals surface area contributed by atoms with Gasteiger partial charge in [-0.1, -0.05) is 0 Å². The normalized spacial score (nSPS) is 27.3. The average Bonchev–Trinajstić information content (AvgIpc) is 2.70. The summed E-state index contributed by atoms with van der Waals surface area (Å²) in [5.74, 6) is 6.08. The molecule has 1 fully saturated rings. The molecular weight excluding hydrogens is 228 g/mol. The molecule has 0 aromatic carbocycles. The molecule has 0 bridgehead atoms. The second kappa shape index (κ2) is 4.33. The molecule has 1 aliphatic rings. The van der Waals surface area contributed by atoms with Crippen molar-refractivity contribution in [3.63, 3.8) is 0 Å². The van der Waals surface area contributed by atoms with Gasteiger partial charge in [0, 0.05) is 24.7 Å². The Hall–Kier alpha value is -0.910. The van der Waals surface area contributed by atoms with Gasteiger partial charge in [0.15, 0.2) is 0 Å². The molecule has 1 saturated heterocycles. The molecule has 2 unspecified atom stereocenters. The van der Waals surface area contributed by atoms with Crippen molar-refractivity contribution in [2.45, 2.75) is 51.4 Å². The van der Waals surface area contributed by atoms with Crippen molar-refractivity contribution in [2.24, 2.45) is 18.8 Å². The highest BCUT2D eigenvalue weighted by atomic mass is 16.5. The van der Waals surface area contributed by atoms with E-state index in [1.54, 1.807) is 4.68 Å². The number of aryl methyl sites for hydroxylation is 1. The fraction of sp³-hybridized carbons (Fsp3) is 0.769. The molecule has 1 aromatic rings. The van der Waals surface area contributed by atoms with Crippen LogP contribution >= 0.6 is 0 Å². The van der Waals surface area contributed by atoms with Crippen molar-refractivity contribution in [1.29, 1.82) is 0 Å². The van der Waals surface area contributed by atoms with Crippen molar-refractivity contribution < 1.29 is 4.74 Å². The molecule has 0 radical (unpaired) electrons. The van der Waals surface area contributed by atoms with Gasteiger partial charge in [-0.2, -0.15) is 5.10 Å². The summed E-state index contributed by atoms with van der Waals surface area (Å²) in [5, 5.41) is 4.22. The lowest BCUT2D eigenvalue weighted by atomic mass is 9.80. The van der Waals surface area contributed by atoms with Gasteiger partial charge in [-0.3, -0.25) is 16.0 Å². The first-order chi connectivity index (χ1) is 8.25. The van der Waals surface area contributed by atoms with Crippen LogP contribution in [0.2, 0.25) is 0 Å². The molecule has 2 atom stereocenters. The van der Waals surface area contributed by atoms with E-state index in [4.69, 9.17) is 10.6 Å². The summed E-state index contributed by atoms with van der Waals surface area (Å²) in [6.45, 7) is 8.53. The molecule has 5 heteroatoms. The number of rotatable bonds is 3. The molecule has 0 spiro atoms. The fourth-order valence-electron chi connectivity index (χ4n) is 3.17. The predicted molar refractivity (Wildman–Crippen MR) is 70.6 cm³/mol. The molecule has 18 heavy (non-hydrogen) atoms. The van der Waals surface area contributed by atoms with E-state index in [0.29, 0.717) is 5.92 Å². The first kappa shape index (κ1) is 13.5. The maximum absolute atomic E-state index is 6.14. The van der Waals surface area contributed by atoms with Crippen LogP contribution in [-0.2, 0) is 11.8 Å². The van der Waals surface area contributed by atoms with Gasteiger partial charge in [0.05, 0.1) is 23.4 Å². The zero-order valence-corrected chi connectivity index (χ0v) is 11.9. The fourth-order valence-corrected chi connectivity index (χ4v) is 3.17. The number of hydrogen-bond donors (Lipinski definition) is 2. The summed E-state index contributed by atoms with van der Waals surface area (Å²) in [7, 11) is 1.91. The molecule has 2 rings (SSSR count). The van der Waals surface area contributed by atoms with E-state index in [9.17, 15) is 0 Å². The Labute approximate surface area is 109 Å². The standard InChI is InChI=1S/C13H24N4O/c1-12(2)6-10(13(3,4)18-12)11(16-14)9-7-15-17(5)8-9/h7-8,10-11,16H,6,14H2,1-5H3. The van der Waals surface area contributed by atoms with Gasteiger partial charge >= 0.3 is 0 Å². The summed E-state index contributed by atoms with van der Waals surface area (Å²) in [5.41, 5.74) is 3.74. The zero-order chi connectivity index (χ0) is 13.6. The maximum atomic E-state index is 6.14. The van der Waals surface area contributed by atoms with Crippen LogP contribution in [0.5, 0.6) is 0 Å². The van der Waals surface area contributed by atoms with Crippen molar-refractivity contribution >= 4 is 0 Å². The second-order valence-electron chi connectivity index (χ2n) is 6.37. The highest BCUT2D eigenvalue weighted by molar-refractivity contribution is 5.15. The van der Waals surface area contributed by atoms with Crippen LogP contribution < -0.4 is 11.3 Å². The minimum absolute atomic E-state index is 0.0653. The Morgan fingerprint density at radius 3 is 2.56 bits per heavy atom. The quantitative estimate of drug-likeness (QED) is 0.632. The summed E-state index contributed by atoms with van der Waals surface area (Å²) in [6, 6.07) is 0.0653. The first-order valence-electron chi connectivity index (χ1n) is 6.40. The SMILES string of the molecule is Cn1cc(C(NN)C2CC(C)(C)OC2(C)C)cn1. The van der Waals surface area contributed by atoms with Gasteiger partial charge in [-0.25, -0.2) is 0 Å². The Morgan fingerprint density at radius 2 is 2.17 bits per heavy atom. The first-order valence-corrected chi connectivity index (χ1v) is 6.40. The molecule has 0 saturated carbocycles. The molecule has 0 aliphatic carbocycles. The molecule has 1 aliphatic heterocycles. The number of nitrogens with two attached hydrogens (primary N) is 1. The van der Waals surface area contributed by atoms with E-state index in [1.807, 2.05) is 19.4 Å². The predicted octanol–water partition coefficient (Wildman–Crippen LogP) is 1.52. The van der Waals surface area contributed by atoms with Gasteiger partial charge in [-0.05, 0) is 34.1 Å². The lowest BCUT2D eigenvalue weighted by Gasteiger charge is -2.32. The monoisotopic (exact) mass is 252 g/mol. The van der Waals surface area contributed by atoms with E-state index in [2.05, 4.69) is 38.2 Å². The highest BCUT2D eigenvalue weighted by Gasteiger charge is 2.49. The maximum Gasteiger partial charge on any atom is 0.0681 e. The van der Waals surface area contributed by atoms with E-state index >= 15 is 0 Å². The number of hydrazine groups is 1. The molecule has 2 heterocycles. The van der Waals surface area contributed by atoms with Crippen LogP contribution in [0.25, 0.3) is 0 Å². The smallest absolute Gasteiger partial charge is 0.0681 e. The third kappa shape index (κ3) is 2.43. The molecule has 0 amide bonds. The topological polar surface area (TPSA) is 65.1 Å². The van der Waals surface area contributed by atoms with Crippen LogP contribution in [0, 0.1) is 5.92 Å². The summed E-state index contributed by atoms with van der Waals surface area (Å²) in [4.78, 5) is 0. The van der Waals surface area contributed by atoms with Gasteiger partial charge in [0.2, 0.25) is 0 Å². The Balaban J connectivity index is 2.28. The second-order valence-corrected chi connectivity index (χ2v) is 6.37. The average molecular weight is 252 g/mol. The largest absolute Gasteiger partial charge is 0.369 e. The number of ether oxygens (including phenoxy) is 1. The Morgan fingerprint density at radius 1 is 1.50 bits per heavy atom. The Bertz CT molecular complexity index is 424. The number of aromatic nitrogens is 2. The van der Waals surface area contributed by atoms with Crippen molar-refractivity contribution in [3.8, 4) is 0 Å². The summed E-state index contributed by atoms with van der Waals surface area (Å²) >= 11 is 0. The van der Waals surface area contributed by atoms with Crippen molar-refractivity contribution in [1.82, 2.24) is 15.2 Å². The highest BCUT2D eigenvalue weighted by Crippen LogP contribution is 2.47. The third-order valence-electron chi connectivity index (χ3n) is 3.81. The van der Waals surface area contributed by atoms with E-state index < -0.39 is 0 Å². The molecule has 1 aromatic heterocycles. The van der Waals surface area contributed by atoms with Gasteiger partial charge in [-0.15, -0.1) is 0 Å². The minimum Gasteiger partial charge on any atom is -0.369 e. The van der Waals surface area contributed by atoms with Crippen molar-refractivity contribution in [2.75, 3.05) is 0 Å². The van der Waals surface area contributed by atoms with Crippen LogP contribution in [-0.4, -0.2) is 21.0 Å². The molecular formula is C13H24N4O. The van der Waals surface area contributed by atoms with Crippen LogP contribution in [0.15, 0.2) is 12.4 Å². The van der Waals surface area contributed by atoms with Gasteiger partial charge in [0.25, 0.3) is 0 Å². The van der Waals surface area contributed by atoms with Crippen LogP contribution in [0.3, 0.4) is 0 Å².